The number of aliphatic imine (C=N–C) groups is 2. The van der Waals surface area contributed by atoms with Crippen LogP contribution < -0.4 is 10.2 Å². The van der Waals surface area contributed by atoms with E-state index in [1.54, 1.807) is 6.34 Å². The molecule has 7 heteroatoms. The van der Waals surface area contributed by atoms with E-state index in [4.69, 9.17) is 4.99 Å². The minimum atomic E-state index is -1.10. The number of rotatable bonds is 3. The van der Waals surface area contributed by atoms with Gasteiger partial charge in [-0.25, -0.2) is 9.38 Å². The quantitative estimate of drug-likeness (QED) is 0.422. The second-order valence-electron chi connectivity index (χ2n) is 10.9. The molecule has 5 nitrogen and oxygen atoms in total. The number of nitrogens with one attached hydrogen (secondary N) is 2. The number of hydrogen-bond acceptors (Lipinski definition) is 5. The number of nitrogens with zero attached hydrogens (tertiary/aromatic N) is 3. The number of H-pyrrole nitrogens is 1. The summed E-state index contributed by atoms with van der Waals surface area (Å²) in [6, 6.07) is 8.70. The van der Waals surface area contributed by atoms with Gasteiger partial charge in [0.15, 0.2) is 5.50 Å². The Morgan fingerprint density at radius 2 is 2.10 bits per heavy atom. The van der Waals surface area contributed by atoms with Gasteiger partial charge in [0.1, 0.15) is 0 Å². The molecule has 0 spiro atoms. The van der Waals surface area contributed by atoms with Crippen molar-refractivity contribution in [2.24, 2.45) is 15.9 Å². The number of aromatic amines is 1. The van der Waals surface area contributed by atoms with E-state index in [0.717, 1.165) is 61.1 Å². The van der Waals surface area contributed by atoms with Gasteiger partial charge >= 0.3 is 0 Å². The SMILES string of the molecule is CCCc1cccc2c1N(C)/C(=C1/CCCN/C=N/C=C(C(C)C)\C=N/C1)C1=CC(C2)SC(F)c2[nH]ccc21. The van der Waals surface area contributed by atoms with Crippen molar-refractivity contribution < 1.29 is 4.39 Å². The van der Waals surface area contributed by atoms with Crippen molar-refractivity contribution in [2.75, 3.05) is 25.0 Å². The van der Waals surface area contributed by atoms with Crippen molar-refractivity contribution in [3.05, 3.63) is 82.0 Å². The largest absolute Gasteiger partial charge is 0.376 e. The Kier molecular flexibility index (Phi) is 8.75. The molecule has 0 saturated heterocycles. The molecule has 5 rings (SSSR count). The van der Waals surface area contributed by atoms with Gasteiger partial charge in [0.25, 0.3) is 0 Å². The molecule has 2 atom stereocenters. The van der Waals surface area contributed by atoms with Crippen LogP contribution in [0.4, 0.5) is 10.1 Å². The number of fused-ring (bicyclic) bond motifs is 4. The normalized spacial score (nSPS) is 26.8. The van der Waals surface area contributed by atoms with Crippen LogP contribution in [0.2, 0.25) is 0 Å². The van der Waals surface area contributed by atoms with Crippen LogP contribution in [-0.4, -0.2) is 42.9 Å². The first-order chi connectivity index (χ1) is 19.0. The highest BCUT2D eigenvalue weighted by Gasteiger charge is 2.33. The molecule has 206 valence electrons. The number of para-hydroxylation sites is 1. The van der Waals surface area contributed by atoms with Crippen molar-refractivity contribution >= 4 is 35.6 Å². The van der Waals surface area contributed by atoms with E-state index in [1.807, 2.05) is 24.7 Å². The molecule has 0 amide bonds. The summed E-state index contributed by atoms with van der Waals surface area (Å²) < 4.78 is 15.7. The molecular formula is C32H40FN5S. The van der Waals surface area contributed by atoms with Crippen LogP contribution in [0, 0.1) is 5.92 Å². The predicted octanol–water partition coefficient (Wildman–Crippen LogP) is 7.40. The number of benzene rings is 1. The maximum atomic E-state index is 15.7. The van der Waals surface area contributed by atoms with Gasteiger partial charge < -0.3 is 15.2 Å². The highest BCUT2D eigenvalue weighted by atomic mass is 32.2. The maximum absolute atomic E-state index is 15.7. The van der Waals surface area contributed by atoms with E-state index >= 15 is 4.39 Å². The van der Waals surface area contributed by atoms with Crippen LogP contribution in [0.5, 0.6) is 0 Å². The van der Waals surface area contributed by atoms with Crippen LogP contribution in [0.25, 0.3) is 5.57 Å². The summed E-state index contributed by atoms with van der Waals surface area (Å²) >= 11 is 1.41. The molecule has 1 aromatic heterocycles. The van der Waals surface area contributed by atoms with Gasteiger partial charge in [0, 0.05) is 60.0 Å². The summed E-state index contributed by atoms with van der Waals surface area (Å²) in [5.41, 5.74) is 9.10. The molecular weight excluding hydrogens is 505 g/mol. The Morgan fingerprint density at radius 1 is 1.23 bits per heavy atom. The number of halogens is 1. The summed E-state index contributed by atoms with van der Waals surface area (Å²) in [4.78, 5) is 15.0. The zero-order valence-electron chi connectivity index (χ0n) is 23.5. The average Bonchev–Trinajstić information content (AvgIpc) is 3.34. The monoisotopic (exact) mass is 545 g/mol. The third-order valence-corrected chi connectivity index (χ3v) is 8.85. The molecule has 3 aliphatic heterocycles. The van der Waals surface area contributed by atoms with E-state index in [2.05, 4.69) is 72.3 Å². The zero-order chi connectivity index (χ0) is 27.4. The number of allylic oxidation sites excluding steroid dienone is 2. The Bertz CT molecular complexity index is 1330. The number of alkyl halides is 1. The smallest absolute Gasteiger partial charge is 0.187 e. The first-order valence-corrected chi connectivity index (χ1v) is 15.1. The van der Waals surface area contributed by atoms with Gasteiger partial charge in [0.05, 0.1) is 18.6 Å². The van der Waals surface area contributed by atoms with E-state index in [-0.39, 0.29) is 5.25 Å². The highest BCUT2D eigenvalue weighted by Crippen LogP contribution is 2.48. The van der Waals surface area contributed by atoms with Crippen molar-refractivity contribution in [1.82, 2.24) is 10.3 Å². The third-order valence-electron chi connectivity index (χ3n) is 7.73. The lowest BCUT2D eigenvalue weighted by atomic mass is 9.89. The van der Waals surface area contributed by atoms with Crippen LogP contribution in [-0.2, 0) is 12.8 Å². The number of aryl methyl sites for hydroxylation is 1. The molecule has 2 aromatic rings. The van der Waals surface area contributed by atoms with Crippen LogP contribution in [0.15, 0.2) is 69.6 Å². The van der Waals surface area contributed by atoms with Gasteiger partial charge in [-0.05, 0) is 59.9 Å². The fourth-order valence-corrected chi connectivity index (χ4v) is 6.94. The minimum absolute atomic E-state index is 0.0406. The van der Waals surface area contributed by atoms with E-state index in [0.29, 0.717) is 18.2 Å². The Hall–Kier alpha value is -3.06. The molecule has 2 bridgehead atoms. The fourth-order valence-electron chi connectivity index (χ4n) is 5.81. The molecule has 0 fully saturated rings. The van der Waals surface area contributed by atoms with Gasteiger partial charge in [-0.2, -0.15) is 0 Å². The van der Waals surface area contributed by atoms with E-state index in [1.165, 1.54) is 34.1 Å². The number of hydrogen-bond donors (Lipinski definition) is 2. The Morgan fingerprint density at radius 3 is 2.92 bits per heavy atom. The lowest BCUT2D eigenvalue weighted by molar-refractivity contribution is 0.460. The highest BCUT2D eigenvalue weighted by molar-refractivity contribution is 8.00. The molecule has 0 radical (unpaired) electrons. The van der Waals surface area contributed by atoms with Gasteiger partial charge in [-0.1, -0.05) is 51.5 Å². The zero-order valence-corrected chi connectivity index (χ0v) is 24.3. The van der Waals surface area contributed by atoms with Crippen molar-refractivity contribution in [3.8, 4) is 0 Å². The predicted molar refractivity (Wildman–Crippen MR) is 166 cm³/mol. The summed E-state index contributed by atoms with van der Waals surface area (Å²) in [5, 5.41) is 3.38. The van der Waals surface area contributed by atoms with Crippen LogP contribution in [0.3, 0.4) is 0 Å². The number of likely N-dealkylation sites (N-methyl/N-ethyl adjacent to an activating group) is 1. The lowest BCUT2D eigenvalue weighted by Gasteiger charge is -2.34. The maximum Gasteiger partial charge on any atom is 0.187 e. The molecule has 39 heavy (non-hydrogen) atoms. The summed E-state index contributed by atoms with van der Waals surface area (Å²) in [7, 11) is 2.20. The average molecular weight is 546 g/mol. The first-order valence-electron chi connectivity index (χ1n) is 14.2. The van der Waals surface area contributed by atoms with Gasteiger partial charge in [0.2, 0.25) is 0 Å². The number of thioether (sulfide) groups is 1. The van der Waals surface area contributed by atoms with Gasteiger partial charge in [-0.15, -0.1) is 11.8 Å². The van der Waals surface area contributed by atoms with Crippen LogP contribution in [0.1, 0.15) is 67.9 Å². The second kappa shape index (κ2) is 12.4. The standard InChI is InChI=1S/C32H40FN5S/c1-5-8-22-9-6-10-23-15-26-16-28(27-12-14-37-29(27)32(33)39-26)31(38(4)30(22)23)24-11-7-13-34-20-36-19-25(21(2)3)18-35-17-24/h6,9-10,12,14,16,18-21,26,32,37H,5,7-8,11,13,15,17H2,1-4H3,(H,34,36)/b25-19+,31-24-,35-18-. The third kappa shape index (κ3) is 5.93. The topological polar surface area (TPSA) is 55.8 Å². The fraction of sp³-hybridized carbons (Fsp3) is 0.438. The Labute approximate surface area is 236 Å². The number of aromatic nitrogens is 1. The van der Waals surface area contributed by atoms with Crippen LogP contribution >= 0.6 is 11.8 Å². The van der Waals surface area contributed by atoms with E-state index < -0.39 is 5.50 Å². The summed E-state index contributed by atoms with van der Waals surface area (Å²) in [5.74, 6) is 0.323. The molecule has 0 aliphatic carbocycles. The second-order valence-corrected chi connectivity index (χ2v) is 12.1. The minimum Gasteiger partial charge on any atom is -0.376 e. The molecule has 4 heterocycles. The first kappa shape index (κ1) is 27.5. The summed E-state index contributed by atoms with van der Waals surface area (Å²) in [6.07, 6.45) is 14.6. The van der Waals surface area contributed by atoms with Crippen molar-refractivity contribution in [2.45, 2.75) is 63.6 Å². The van der Waals surface area contributed by atoms with E-state index in [9.17, 15) is 0 Å². The number of anilines is 1. The van der Waals surface area contributed by atoms with Gasteiger partial charge in [-0.3, -0.25) is 4.99 Å². The molecule has 2 N–H and O–H groups in total. The molecule has 3 aliphatic rings. The Balaban J connectivity index is 1.72. The lowest BCUT2D eigenvalue weighted by Crippen LogP contribution is -2.26. The molecule has 2 unspecified atom stereocenters. The molecule has 1 aromatic carbocycles. The van der Waals surface area contributed by atoms with Crippen molar-refractivity contribution in [1.29, 1.82) is 0 Å². The molecule has 0 saturated carbocycles. The summed E-state index contributed by atoms with van der Waals surface area (Å²) in [6.45, 7) is 7.98. The van der Waals surface area contributed by atoms with Crippen molar-refractivity contribution in [3.63, 3.8) is 0 Å².